The molecule has 3 amide bonds. The zero-order chi connectivity index (χ0) is 19.9. The van der Waals surface area contributed by atoms with Gasteiger partial charge < -0.3 is 10.1 Å². The van der Waals surface area contributed by atoms with E-state index in [9.17, 15) is 14.4 Å². The van der Waals surface area contributed by atoms with Gasteiger partial charge in [0, 0.05) is 17.2 Å². The largest absolute Gasteiger partial charge is 0.484 e. The fourth-order valence-electron chi connectivity index (χ4n) is 2.53. The number of nitrogens with one attached hydrogen (secondary N) is 3. The highest BCUT2D eigenvalue weighted by molar-refractivity contribution is 5.97. The highest BCUT2D eigenvalue weighted by atomic mass is 16.5. The molecule has 2 aromatic carbocycles. The van der Waals surface area contributed by atoms with Crippen LogP contribution in [0.15, 0.2) is 48.5 Å². The minimum atomic E-state index is -0.469. The normalized spacial score (nSPS) is 12.8. The summed E-state index contributed by atoms with van der Waals surface area (Å²) in [6.07, 6.45) is 2.74. The lowest BCUT2D eigenvalue weighted by Crippen LogP contribution is -2.43. The Bertz CT molecular complexity index is 860. The van der Waals surface area contributed by atoms with Crippen LogP contribution in [-0.4, -0.2) is 24.3 Å². The highest BCUT2D eigenvalue weighted by Gasteiger charge is 2.29. The molecule has 0 radical (unpaired) electrons. The molecule has 0 heterocycles. The van der Waals surface area contributed by atoms with Crippen molar-refractivity contribution >= 4 is 23.4 Å². The number of carbonyl (C=O) groups excluding carboxylic acids is 3. The molecule has 1 aliphatic rings. The molecule has 0 aliphatic heterocycles. The van der Waals surface area contributed by atoms with Crippen molar-refractivity contribution in [2.24, 2.45) is 5.92 Å². The summed E-state index contributed by atoms with van der Waals surface area (Å²) >= 11 is 0. The van der Waals surface area contributed by atoms with Gasteiger partial charge in [0.25, 0.3) is 11.8 Å². The first-order valence-electron chi connectivity index (χ1n) is 9.27. The molecule has 2 aromatic rings. The van der Waals surface area contributed by atoms with Gasteiger partial charge in [-0.2, -0.15) is 0 Å². The summed E-state index contributed by atoms with van der Waals surface area (Å²) in [4.78, 5) is 35.7. The third-order valence-electron chi connectivity index (χ3n) is 4.35. The average Bonchev–Trinajstić information content (AvgIpc) is 3.56. The third kappa shape index (κ3) is 5.57. The molecule has 1 saturated carbocycles. The lowest BCUT2D eigenvalue weighted by atomic mass is 10.2. The van der Waals surface area contributed by atoms with Gasteiger partial charge in [-0.05, 0) is 61.2 Å². The van der Waals surface area contributed by atoms with E-state index in [1.54, 1.807) is 30.3 Å². The number of hydrogen-bond donors (Lipinski definition) is 3. The SMILES string of the molecule is CCc1cccc(OCC(=O)NNC(=O)c2ccc(NC(=O)C3CC3)cc2)c1. The molecule has 1 aliphatic carbocycles. The molecule has 3 rings (SSSR count). The molecule has 0 spiro atoms. The smallest absolute Gasteiger partial charge is 0.276 e. The highest BCUT2D eigenvalue weighted by Crippen LogP contribution is 2.30. The molecule has 0 atom stereocenters. The molecular formula is C21H23N3O4. The van der Waals surface area contributed by atoms with Crippen LogP contribution in [0.5, 0.6) is 5.75 Å². The molecule has 0 aromatic heterocycles. The standard InChI is InChI=1S/C21H23N3O4/c1-2-14-4-3-5-18(12-14)28-13-19(25)23-24-21(27)16-8-10-17(11-9-16)22-20(26)15-6-7-15/h3-5,8-12,15H,2,6-7,13H2,1H3,(H,22,26)(H,23,25)(H,24,27). The van der Waals surface area contributed by atoms with E-state index >= 15 is 0 Å². The van der Waals surface area contributed by atoms with Gasteiger partial charge in [0.2, 0.25) is 5.91 Å². The second-order valence-corrected chi connectivity index (χ2v) is 6.63. The maximum absolute atomic E-state index is 12.1. The van der Waals surface area contributed by atoms with Crippen molar-refractivity contribution in [3.05, 3.63) is 59.7 Å². The minimum Gasteiger partial charge on any atom is -0.484 e. The minimum absolute atomic E-state index is 0.00828. The summed E-state index contributed by atoms with van der Waals surface area (Å²) in [5, 5.41) is 2.80. The molecule has 7 heteroatoms. The third-order valence-corrected chi connectivity index (χ3v) is 4.35. The molecule has 1 fully saturated rings. The van der Waals surface area contributed by atoms with Crippen LogP contribution in [0.2, 0.25) is 0 Å². The van der Waals surface area contributed by atoms with E-state index in [1.807, 2.05) is 25.1 Å². The molecule has 3 N–H and O–H groups in total. The number of anilines is 1. The second kappa shape index (κ2) is 9.03. The first-order chi connectivity index (χ1) is 13.5. The van der Waals surface area contributed by atoms with Gasteiger partial charge in [-0.3, -0.25) is 25.2 Å². The Labute approximate surface area is 163 Å². The monoisotopic (exact) mass is 381 g/mol. The van der Waals surface area contributed by atoms with E-state index in [0.29, 0.717) is 17.0 Å². The lowest BCUT2D eigenvalue weighted by Gasteiger charge is -2.10. The van der Waals surface area contributed by atoms with Crippen LogP contribution in [0.4, 0.5) is 5.69 Å². The number of aryl methyl sites for hydroxylation is 1. The van der Waals surface area contributed by atoms with Crippen LogP contribution in [0.1, 0.15) is 35.7 Å². The number of rotatable bonds is 7. The molecule has 0 saturated heterocycles. The number of carbonyl (C=O) groups is 3. The quantitative estimate of drug-likeness (QED) is 0.642. The first-order valence-corrected chi connectivity index (χ1v) is 9.27. The molecule has 28 heavy (non-hydrogen) atoms. The van der Waals surface area contributed by atoms with Crippen molar-refractivity contribution in [3.63, 3.8) is 0 Å². The number of ether oxygens (including phenoxy) is 1. The van der Waals surface area contributed by atoms with Crippen LogP contribution >= 0.6 is 0 Å². The first kappa shape index (κ1) is 19.4. The Hall–Kier alpha value is -3.35. The Morgan fingerprint density at radius 1 is 1.04 bits per heavy atom. The van der Waals surface area contributed by atoms with E-state index in [1.165, 1.54) is 0 Å². The Balaban J connectivity index is 1.42. The maximum atomic E-state index is 12.1. The summed E-state index contributed by atoms with van der Waals surface area (Å²) in [6, 6.07) is 14.0. The Morgan fingerprint density at radius 3 is 2.46 bits per heavy atom. The zero-order valence-corrected chi connectivity index (χ0v) is 15.7. The zero-order valence-electron chi connectivity index (χ0n) is 15.7. The Morgan fingerprint density at radius 2 is 1.79 bits per heavy atom. The van der Waals surface area contributed by atoms with E-state index in [4.69, 9.17) is 4.74 Å². The van der Waals surface area contributed by atoms with Crippen molar-refractivity contribution in [1.82, 2.24) is 10.9 Å². The molecular weight excluding hydrogens is 358 g/mol. The summed E-state index contributed by atoms with van der Waals surface area (Å²) in [5.41, 5.74) is 6.77. The fraction of sp³-hybridized carbons (Fsp3) is 0.286. The van der Waals surface area contributed by atoms with Gasteiger partial charge in [-0.25, -0.2) is 0 Å². The summed E-state index contributed by atoms with van der Waals surface area (Å²) in [6.45, 7) is 1.83. The maximum Gasteiger partial charge on any atom is 0.276 e. The topological polar surface area (TPSA) is 96.5 Å². The van der Waals surface area contributed by atoms with Crippen LogP contribution < -0.4 is 20.9 Å². The van der Waals surface area contributed by atoms with Crippen molar-refractivity contribution in [2.45, 2.75) is 26.2 Å². The predicted octanol–water partition coefficient (Wildman–Crippen LogP) is 2.44. The lowest BCUT2D eigenvalue weighted by molar-refractivity contribution is -0.123. The number of benzene rings is 2. The summed E-state index contributed by atoms with van der Waals surface area (Å²) < 4.78 is 5.42. The van der Waals surface area contributed by atoms with E-state index in [2.05, 4.69) is 16.2 Å². The van der Waals surface area contributed by atoms with Gasteiger partial charge >= 0.3 is 0 Å². The summed E-state index contributed by atoms with van der Waals surface area (Å²) in [5.74, 6) is -0.201. The van der Waals surface area contributed by atoms with E-state index in [0.717, 1.165) is 24.8 Å². The number of hydrazine groups is 1. The second-order valence-electron chi connectivity index (χ2n) is 6.63. The van der Waals surface area contributed by atoms with Crippen molar-refractivity contribution < 1.29 is 19.1 Å². The van der Waals surface area contributed by atoms with Crippen LogP contribution in [0, 0.1) is 5.92 Å². The van der Waals surface area contributed by atoms with Gasteiger partial charge in [-0.15, -0.1) is 0 Å². The Kier molecular flexibility index (Phi) is 6.26. The summed E-state index contributed by atoms with van der Waals surface area (Å²) in [7, 11) is 0. The van der Waals surface area contributed by atoms with E-state index in [-0.39, 0.29) is 18.4 Å². The van der Waals surface area contributed by atoms with Gasteiger partial charge in [0.15, 0.2) is 6.61 Å². The molecule has 146 valence electrons. The average molecular weight is 381 g/mol. The molecule has 0 unspecified atom stereocenters. The predicted molar refractivity (Wildman–Crippen MR) is 105 cm³/mol. The van der Waals surface area contributed by atoms with E-state index < -0.39 is 11.8 Å². The van der Waals surface area contributed by atoms with Gasteiger partial charge in [0.05, 0.1) is 0 Å². The van der Waals surface area contributed by atoms with Crippen LogP contribution in [0.25, 0.3) is 0 Å². The molecule has 7 nitrogen and oxygen atoms in total. The van der Waals surface area contributed by atoms with Crippen LogP contribution in [-0.2, 0) is 16.0 Å². The molecule has 0 bridgehead atoms. The van der Waals surface area contributed by atoms with Crippen LogP contribution in [0.3, 0.4) is 0 Å². The van der Waals surface area contributed by atoms with Gasteiger partial charge in [0.1, 0.15) is 5.75 Å². The van der Waals surface area contributed by atoms with Crippen molar-refractivity contribution in [1.29, 1.82) is 0 Å². The fourth-order valence-corrected chi connectivity index (χ4v) is 2.53. The number of amides is 3. The number of hydrogen-bond acceptors (Lipinski definition) is 4. The van der Waals surface area contributed by atoms with Gasteiger partial charge in [-0.1, -0.05) is 19.1 Å². The van der Waals surface area contributed by atoms with Crippen molar-refractivity contribution in [3.8, 4) is 5.75 Å². The van der Waals surface area contributed by atoms with Crippen molar-refractivity contribution in [2.75, 3.05) is 11.9 Å².